The number of hydrogen-bond acceptors (Lipinski definition) is 4. The number of rotatable bonds is 5. The van der Waals surface area contributed by atoms with Crippen molar-refractivity contribution in [2.45, 2.75) is 37.6 Å². The van der Waals surface area contributed by atoms with Gasteiger partial charge in [0.15, 0.2) is 6.61 Å². The summed E-state index contributed by atoms with van der Waals surface area (Å²) in [7, 11) is 0. The summed E-state index contributed by atoms with van der Waals surface area (Å²) in [6, 6.07) is 7.50. The van der Waals surface area contributed by atoms with Crippen molar-refractivity contribution in [3.05, 3.63) is 24.3 Å². The van der Waals surface area contributed by atoms with E-state index < -0.39 is 5.54 Å². The van der Waals surface area contributed by atoms with Crippen LogP contribution in [0.15, 0.2) is 24.3 Å². The number of para-hydroxylation sites is 2. The smallest absolute Gasteiger partial charge is 0.265 e. The minimum atomic E-state index is -0.693. The van der Waals surface area contributed by atoms with Crippen molar-refractivity contribution >= 4 is 17.5 Å². The minimum absolute atomic E-state index is 0.0545. The normalized spacial score (nSPS) is 19.2. The van der Waals surface area contributed by atoms with Crippen LogP contribution in [-0.2, 0) is 9.59 Å². The molecule has 1 aromatic rings. The van der Waals surface area contributed by atoms with E-state index in [1.54, 1.807) is 4.90 Å². The summed E-state index contributed by atoms with van der Waals surface area (Å²) >= 11 is 0. The molecule has 1 fully saturated rings. The van der Waals surface area contributed by atoms with Crippen LogP contribution in [0.2, 0.25) is 0 Å². The molecule has 1 aliphatic heterocycles. The highest BCUT2D eigenvalue weighted by atomic mass is 16.5. The summed E-state index contributed by atoms with van der Waals surface area (Å²) < 4.78 is 5.41. The van der Waals surface area contributed by atoms with E-state index >= 15 is 0 Å². The summed E-state index contributed by atoms with van der Waals surface area (Å²) in [6.07, 6.45) is 4.23. The maximum absolute atomic E-state index is 12.1. The second kappa shape index (κ2) is 6.58. The zero-order valence-electron chi connectivity index (χ0n) is 13.2. The Morgan fingerprint density at radius 3 is 2.83 bits per heavy atom. The van der Waals surface area contributed by atoms with Crippen LogP contribution in [0.25, 0.3) is 0 Å². The lowest BCUT2D eigenvalue weighted by Crippen LogP contribution is -2.52. The van der Waals surface area contributed by atoms with Gasteiger partial charge in [-0.3, -0.25) is 9.59 Å². The fraction of sp³-hybridized carbons (Fsp3) is 0.529. The number of fused-ring (bicyclic) bond motifs is 1. The molecule has 124 valence electrons. The Kier molecular flexibility index (Phi) is 4.52. The van der Waals surface area contributed by atoms with Gasteiger partial charge >= 0.3 is 0 Å². The molecule has 23 heavy (non-hydrogen) atoms. The highest BCUT2D eigenvalue weighted by Crippen LogP contribution is 2.31. The zero-order chi connectivity index (χ0) is 16.3. The van der Waals surface area contributed by atoms with Crippen LogP contribution in [-0.4, -0.2) is 37.0 Å². The van der Waals surface area contributed by atoms with E-state index in [0.29, 0.717) is 19.5 Å². The largest absolute Gasteiger partial charge is 0.482 e. The van der Waals surface area contributed by atoms with Gasteiger partial charge in [0.1, 0.15) is 5.75 Å². The molecule has 1 saturated carbocycles. The molecule has 1 aromatic carbocycles. The van der Waals surface area contributed by atoms with Gasteiger partial charge in [-0.2, -0.15) is 0 Å². The first-order valence-corrected chi connectivity index (χ1v) is 8.19. The average Bonchev–Trinajstić information content (AvgIpc) is 3.01. The molecule has 2 amide bonds. The lowest BCUT2D eigenvalue weighted by molar-refractivity contribution is -0.126. The van der Waals surface area contributed by atoms with E-state index in [0.717, 1.165) is 37.1 Å². The van der Waals surface area contributed by atoms with Crippen molar-refractivity contribution in [1.29, 1.82) is 0 Å². The molecule has 0 saturated heterocycles. The van der Waals surface area contributed by atoms with Crippen molar-refractivity contribution in [2.24, 2.45) is 5.73 Å². The van der Waals surface area contributed by atoms with Crippen molar-refractivity contribution in [3.8, 4) is 5.75 Å². The first-order chi connectivity index (χ1) is 11.1. The fourth-order valence-electron chi connectivity index (χ4n) is 3.25. The number of benzene rings is 1. The predicted octanol–water partition coefficient (Wildman–Crippen LogP) is 1.19. The molecule has 3 rings (SSSR count). The van der Waals surface area contributed by atoms with E-state index in [4.69, 9.17) is 10.5 Å². The summed E-state index contributed by atoms with van der Waals surface area (Å²) in [5.41, 5.74) is 6.22. The Hall–Kier alpha value is -2.08. The number of nitrogens with two attached hydrogens (primary N) is 1. The molecule has 0 atom stereocenters. The maximum Gasteiger partial charge on any atom is 0.265 e. The molecule has 1 heterocycles. The first kappa shape index (κ1) is 15.8. The lowest BCUT2D eigenvalue weighted by Gasteiger charge is -2.29. The molecule has 0 radical (unpaired) electrons. The molecule has 0 aromatic heterocycles. The maximum atomic E-state index is 12.1. The topological polar surface area (TPSA) is 84.7 Å². The summed E-state index contributed by atoms with van der Waals surface area (Å²) in [5, 5.41) is 2.91. The second-order valence-electron chi connectivity index (χ2n) is 6.27. The highest BCUT2D eigenvalue weighted by molar-refractivity contribution is 5.97. The Bertz CT molecular complexity index is 597. The summed E-state index contributed by atoms with van der Waals surface area (Å²) in [6.45, 7) is 1.14. The van der Waals surface area contributed by atoms with Gasteiger partial charge in [-0.1, -0.05) is 25.0 Å². The average molecular weight is 317 g/mol. The number of nitrogens with zero attached hydrogens (tertiary/aromatic N) is 1. The van der Waals surface area contributed by atoms with E-state index in [-0.39, 0.29) is 18.4 Å². The highest BCUT2D eigenvalue weighted by Gasteiger charge is 2.36. The minimum Gasteiger partial charge on any atom is -0.482 e. The monoisotopic (exact) mass is 317 g/mol. The van der Waals surface area contributed by atoms with Crippen molar-refractivity contribution in [2.75, 3.05) is 24.6 Å². The van der Waals surface area contributed by atoms with Crippen LogP contribution < -0.4 is 20.7 Å². The molecule has 3 N–H and O–H groups in total. The number of hydrogen-bond donors (Lipinski definition) is 2. The van der Waals surface area contributed by atoms with Crippen LogP contribution in [0.1, 0.15) is 32.1 Å². The molecular weight excluding hydrogens is 294 g/mol. The van der Waals surface area contributed by atoms with Gasteiger partial charge in [0, 0.05) is 13.1 Å². The molecule has 6 nitrogen and oxygen atoms in total. The SMILES string of the molecule is NC1(C(=O)NCCCN2C(=O)COc3ccccc32)CCCC1. The van der Waals surface area contributed by atoms with Gasteiger partial charge in [0.25, 0.3) is 5.91 Å². The molecule has 0 bridgehead atoms. The third-order valence-electron chi connectivity index (χ3n) is 4.60. The zero-order valence-corrected chi connectivity index (χ0v) is 13.2. The Morgan fingerprint density at radius 2 is 2.04 bits per heavy atom. The van der Waals surface area contributed by atoms with Crippen LogP contribution in [0.5, 0.6) is 5.75 Å². The van der Waals surface area contributed by atoms with Crippen LogP contribution in [0.4, 0.5) is 5.69 Å². The van der Waals surface area contributed by atoms with Crippen LogP contribution in [0.3, 0.4) is 0 Å². The second-order valence-corrected chi connectivity index (χ2v) is 6.27. The summed E-state index contributed by atoms with van der Waals surface area (Å²) in [4.78, 5) is 25.9. The van der Waals surface area contributed by atoms with Crippen LogP contribution >= 0.6 is 0 Å². The Labute approximate surface area is 136 Å². The van der Waals surface area contributed by atoms with Gasteiger partial charge in [0.05, 0.1) is 11.2 Å². The Balaban J connectivity index is 1.51. The molecular formula is C17H23N3O3. The first-order valence-electron chi connectivity index (χ1n) is 8.19. The van der Waals surface area contributed by atoms with E-state index in [2.05, 4.69) is 5.32 Å². The van der Waals surface area contributed by atoms with Gasteiger partial charge in [-0.05, 0) is 31.4 Å². The van der Waals surface area contributed by atoms with Crippen LogP contribution in [0, 0.1) is 0 Å². The number of anilines is 1. The van der Waals surface area contributed by atoms with Gasteiger partial charge < -0.3 is 20.7 Å². The van der Waals surface area contributed by atoms with E-state index in [9.17, 15) is 9.59 Å². The fourth-order valence-corrected chi connectivity index (χ4v) is 3.25. The van der Waals surface area contributed by atoms with E-state index in [1.807, 2.05) is 24.3 Å². The third kappa shape index (κ3) is 3.32. The molecule has 6 heteroatoms. The van der Waals surface area contributed by atoms with E-state index in [1.165, 1.54) is 0 Å². The molecule has 0 unspecified atom stereocenters. The number of carbonyl (C=O) groups excluding carboxylic acids is 2. The quantitative estimate of drug-likeness (QED) is 0.799. The van der Waals surface area contributed by atoms with Crippen molar-refractivity contribution in [3.63, 3.8) is 0 Å². The predicted molar refractivity (Wildman–Crippen MR) is 87.3 cm³/mol. The van der Waals surface area contributed by atoms with Crippen molar-refractivity contribution < 1.29 is 14.3 Å². The van der Waals surface area contributed by atoms with Gasteiger partial charge in [0.2, 0.25) is 5.91 Å². The number of amides is 2. The standard InChI is InChI=1S/C17H23N3O3/c18-17(8-3-4-9-17)16(22)19-10-5-11-20-13-6-1-2-7-14(13)23-12-15(20)21/h1-2,6-7H,3-5,8-12,18H2,(H,19,22). The Morgan fingerprint density at radius 1 is 1.30 bits per heavy atom. The van der Waals surface area contributed by atoms with Gasteiger partial charge in [-0.25, -0.2) is 0 Å². The lowest BCUT2D eigenvalue weighted by atomic mass is 9.98. The molecule has 2 aliphatic rings. The van der Waals surface area contributed by atoms with Gasteiger partial charge in [-0.15, -0.1) is 0 Å². The molecule has 0 spiro atoms. The summed E-state index contributed by atoms with van der Waals surface area (Å²) in [5.74, 6) is 0.604. The molecule has 1 aliphatic carbocycles. The van der Waals surface area contributed by atoms with Crippen molar-refractivity contribution in [1.82, 2.24) is 5.32 Å². The number of ether oxygens (including phenoxy) is 1. The third-order valence-corrected chi connectivity index (χ3v) is 4.60. The number of carbonyl (C=O) groups is 2. The number of nitrogens with one attached hydrogen (secondary N) is 1.